The number of rotatable bonds is 1. The Labute approximate surface area is 119 Å². The molecule has 3 rings (SSSR count). The van der Waals surface area contributed by atoms with Gasteiger partial charge < -0.3 is 15.3 Å². The molecule has 5 heteroatoms. The van der Waals surface area contributed by atoms with Crippen molar-refractivity contribution in [2.24, 2.45) is 0 Å². The van der Waals surface area contributed by atoms with E-state index in [9.17, 15) is 20.1 Å². The van der Waals surface area contributed by atoms with Crippen LogP contribution in [0.15, 0.2) is 40.7 Å². The fourth-order valence-corrected chi connectivity index (χ4v) is 2.39. The van der Waals surface area contributed by atoms with Crippen LogP contribution in [0, 0.1) is 0 Å². The second-order valence-electron chi connectivity index (χ2n) is 4.89. The number of nitrogens with one attached hydrogen (secondary N) is 1. The van der Waals surface area contributed by atoms with E-state index in [4.69, 9.17) is 0 Å². The molecule has 21 heavy (non-hydrogen) atoms. The number of aromatic nitrogens is 1. The minimum Gasteiger partial charge on any atom is -0.511 e. The summed E-state index contributed by atoms with van der Waals surface area (Å²) in [5.41, 5.74) is 1.16. The van der Waals surface area contributed by atoms with Gasteiger partial charge in [-0.25, -0.2) is 0 Å². The van der Waals surface area contributed by atoms with Crippen molar-refractivity contribution in [1.29, 1.82) is 0 Å². The normalized spacial score (nSPS) is 15.6. The van der Waals surface area contributed by atoms with Gasteiger partial charge in [0.2, 0.25) is 0 Å². The predicted molar refractivity (Wildman–Crippen MR) is 79.2 cm³/mol. The van der Waals surface area contributed by atoms with E-state index in [-0.39, 0.29) is 29.0 Å². The molecule has 2 aromatic rings. The maximum Gasteiger partial charge on any atom is 0.261 e. The van der Waals surface area contributed by atoms with Crippen LogP contribution < -0.4 is 16.0 Å². The standard InChI is InChI=1S/C16H13NO4/c18-12-3-1-9(2-4-12)5-10-6-11-8-14(20)17-16(21)15(11)13(19)7-10/h1-6,8,18-20H,7H2,(H,17,21). The molecule has 0 spiro atoms. The summed E-state index contributed by atoms with van der Waals surface area (Å²) in [5, 5.41) is 29.4. The van der Waals surface area contributed by atoms with Crippen LogP contribution in [-0.2, 0) is 0 Å². The highest BCUT2D eigenvalue weighted by atomic mass is 16.3. The van der Waals surface area contributed by atoms with E-state index in [1.807, 2.05) is 6.08 Å². The van der Waals surface area contributed by atoms with Crippen molar-refractivity contribution in [2.75, 3.05) is 0 Å². The molecule has 1 heterocycles. The second kappa shape index (κ2) is 4.86. The first-order valence-electron chi connectivity index (χ1n) is 6.39. The summed E-state index contributed by atoms with van der Waals surface area (Å²) in [5.74, 6) is -0.0894. The van der Waals surface area contributed by atoms with Crippen molar-refractivity contribution in [3.8, 4) is 11.6 Å². The molecule has 0 fully saturated rings. The van der Waals surface area contributed by atoms with Crippen LogP contribution in [-0.4, -0.2) is 20.3 Å². The molecular formula is C16H13NO4. The lowest BCUT2D eigenvalue weighted by atomic mass is 10.00. The SMILES string of the molecule is O=c1[nH]c(O)cc2c1=C(O)CC(=Cc1ccc(O)cc1)C=2. The number of aromatic hydroxyl groups is 2. The molecule has 1 aliphatic carbocycles. The van der Waals surface area contributed by atoms with Crippen molar-refractivity contribution < 1.29 is 15.3 Å². The highest BCUT2D eigenvalue weighted by Crippen LogP contribution is 2.18. The van der Waals surface area contributed by atoms with Crippen molar-refractivity contribution in [3.05, 3.63) is 62.3 Å². The summed E-state index contributed by atoms with van der Waals surface area (Å²) in [6.45, 7) is 0. The molecule has 4 N–H and O–H groups in total. The molecule has 0 amide bonds. The zero-order valence-corrected chi connectivity index (χ0v) is 11.0. The predicted octanol–water partition coefficient (Wildman–Crippen LogP) is 0.720. The average molecular weight is 283 g/mol. The Morgan fingerprint density at radius 2 is 1.81 bits per heavy atom. The molecule has 0 saturated carbocycles. The van der Waals surface area contributed by atoms with Crippen molar-refractivity contribution in [1.82, 2.24) is 4.98 Å². The first-order chi connectivity index (χ1) is 10.0. The van der Waals surface area contributed by atoms with Crippen molar-refractivity contribution >= 4 is 17.9 Å². The maximum atomic E-state index is 11.7. The number of aliphatic hydroxyl groups is 1. The largest absolute Gasteiger partial charge is 0.511 e. The molecular weight excluding hydrogens is 270 g/mol. The van der Waals surface area contributed by atoms with E-state index in [0.717, 1.165) is 11.1 Å². The number of H-pyrrole nitrogens is 1. The first kappa shape index (κ1) is 13.1. The molecule has 0 atom stereocenters. The van der Waals surface area contributed by atoms with Crippen LogP contribution in [0.3, 0.4) is 0 Å². The van der Waals surface area contributed by atoms with Gasteiger partial charge in [-0.2, -0.15) is 0 Å². The van der Waals surface area contributed by atoms with E-state index in [1.165, 1.54) is 6.07 Å². The van der Waals surface area contributed by atoms with E-state index < -0.39 is 5.56 Å². The Morgan fingerprint density at radius 3 is 2.52 bits per heavy atom. The van der Waals surface area contributed by atoms with E-state index in [2.05, 4.69) is 4.98 Å². The zero-order chi connectivity index (χ0) is 15.0. The Kier molecular flexibility index (Phi) is 3.02. The lowest BCUT2D eigenvalue weighted by molar-refractivity contribution is 0.449. The van der Waals surface area contributed by atoms with E-state index >= 15 is 0 Å². The van der Waals surface area contributed by atoms with Gasteiger partial charge >= 0.3 is 0 Å². The quantitative estimate of drug-likeness (QED) is 0.620. The van der Waals surface area contributed by atoms with Gasteiger partial charge in [0, 0.05) is 12.5 Å². The lowest BCUT2D eigenvalue weighted by Gasteiger charge is -2.09. The van der Waals surface area contributed by atoms with E-state index in [0.29, 0.717) is 5.22 Å². The third-order valence-electron chi connectivity index (χ3n) is 3.30. The molecule has 1 aromatic carbocycles. The molecule has 0 unspecified atom stereocenters. The van der Waals surface area contributed by atoms with Crippen LogP contribution in [0.2, 0.25) is 0 Å². The summed E-state index contributed by atoms with van der Waals surface area (Å²) in [7, 11) is 0. The number of pyridine rings is 1. The molecule has 0 aliphatic heterocycles. The minimum absolute atomic E-state index is 0.0289. The Balaban J connectivity index is 2.15. The van der Waals surface area contributed by atoms with Crippen LogP contribution in [0.4, 0.5) is 0 Å². The number of fused-ring (bicyclic) bond motifs is 1. The van der Waals surface area contributed by atoms with Gasteiger partial charge in [0.1, 0.15) is 11.5 Å². The van der Waals surface area contributed by atoms with Gasteiger partial charge in [0.25, 0.3) is 5.56 Å². The van der Waals surface area contributed by atoms with Gasteiger partial charge in [0.15, 0.2) is 5.88 Å². The third kappa shape index (κ3) is 2.53. The highest BCUT2D eigenvalue weighted by Gasteiger charge is 2.11. The molecule has 0 bridgehead atoms. The fraction of sp³-hybridized carbons (Fsp3) is 0.0625. The smallest absolute Gasteiger partial charge is 0.261 e. The Morgan fingerprint density at radius 1 is 1.10 bits per heavy atom. The number of hydrogen-bond donors (Lipinski definition) is 4. The second-order valence-corrected chi connectivity index (χ2v) is 4.89. The van der Waals surface area contributed by atoms with Crippen LogP contribution >= 0.6 is 0 Å². The van der Waals surface area contributed by atoms with E-state index in [1.54, 1.807) is 30.3 Å². The van der Waals surface area contributed by atoms with Crippen molar-refractivity contribution in [2.45, 2.75) is 6.42 Å². The first-order valence-corrected chi connectivity index (χ1v) is 6.39. The van der Waals surface area contributed by atoms with Gasteiger partial charge in [-0.15, -0.1) is 0 Å². The highest BCUT2D eigenvalue weighted by molar-refractivity contribution is 5.70. The number of hydrogen-bond acceptors (Lipinski definition) is 4. The zero-order valence-electron chi connectivity index (χ0n) is 11.0. The molecule has 1 aliphatic rings. The maximum absolute atomic E-state index is 11.7. The summed E-state index contributed by atoms with van der Waals surface area (Å²) in [6.07, 6.45) is 3.83. The minimum atomic E-state index is -0.512. The van der Waals surface area contributed by atoms with Crippen LogP contribution in [0.1, 0.15) is 12.0 Å². The number of benzene rings is 1. The lowest BCUT2D eigenvalue weighted by Crippen LogP contribution is -2.43. The fourth-order valence-electron chi connectivity index (χ4n) is 2.39. The van der Waals surface area contributed by atoms with Crippen LogP contribution in [0.5, 0.6) is 11.6 Å². The number of phenolic OH excluding ortho intramolecular Hbond substituents is 1. The van der Waals surface area contributed by atoms with Gasteiger partial charge in [-0.1, -0.05) is 24.3 Å². The topological polar surface area (TPSA) is 93.6 Å². The molecule has 1 aromatic heterocycles. The van der Waals surface area contributed by atoms with Gasteiger partial charge in [-0.05, 0) is 28.5 Å². The third-order valence-corrected chi connectivity index (χ3v) is 3.30. The molecule has 106 valence electrons. The number of aliphatic hydroxyl groups excluding tert-OH is 1. The Hall–Kier alpha value is -2.95. The molecule has 5 nitrogen and oxygen atoms in total. The summed E-state index contributed by atoms with van der Waals surface area (Å²) < 4.78 is 0. The van der Waals surface area contributed by atoms with Crippen molar-refractivity contribution in [3.63, 3.8) is 0 Å². The number of aromatic amines is 1. The summed E-state index contributed by atoms with van der Waals surface area (Å²) >= 11 is 0. The number of phenols is 1. The molecule has 0 radical (unpaired) electrons. The van der Waals surface area contributed by atoms with Gasteiger partial charge in [-0.3, -0.25) is 9.78 Å². The average Bonchev–Trinajstić information content (AvgIpc) is 2.40. The summed E-state index contributed by atoms with van der Waals surface area (Å²) in [4.78, 5) is 14.0. The monoisotopic (exact) mass is 283 g/mol. The van der Waals surface area contributed by atoms with Crippen LogP contribution in [0.25, 0.3) is 17.9 Å². The molecule has 0 saturated heterocycles. The Bertz CT molecular complexity index is 905. The summed E-state index contributed by atoms with van der Waals surface area (Å²) in [6, 6.07) is 8.04. The van der Waals surface area contributed by atoms with Gasteiger partial charge in [0.05, 0.1) is 5.22 Å².